The first-order valence-corrected chi connectivity index (χ1v) is 8.08. The molecule has 0 radical (unpaired) electrons. The van der Waals surface area contributed by atoms with Crippen LogP contribution in [-0.4, -0.2) is 34.0 Å². The van der Waals surface area contributed by atoms with Crippen LogP contribution in [0.4, 0.5) is 0 Å². The van der Waals surface area contributed by atoms with E-state index in [4.69, 9.17) is 4.52 Å². The molecule has 1 amide bonds. The van der Waals surface area contributed by atoms with Gasteiger partial charge in [0.15, 0.2) is 0 Å². The number of carbonyl (C=O) groups is 1. The summed E-state index contributed by atoms with van der Waals surface area (Å²) in [6.07, 6.45) is 7.17. The van der Waals surface area contributed by atoms with Crippen LogP contribution in [0.1, 0.15) is 60.3 Å². The molecular formula is C17H23N3O2. The fourth-order valence-corrected chi connectivity index (χ4v) is 3.39. The van der Waals surface area contributed by atoms with E-state index in [0.29, 0.717) is 17.3 Å². The summed E-state index contributed by atoms with van der Waals surface area (Å²) in [7, 11) is 1.92. The summed E-state index contributed by atoms with van der Waals surface area (Å²) in [5.74, 6) is 0.0497. The molecule has 22 heavy (non-hydrogen) atoms. The van der Waals surface area contributed by atoms with Crippen molar-refractivity contribution in [1.82, 2.24) is 15.0 Å². The molecule has 0 spiro atoms. The number of rotatable bonds is 2. The van der Waals surface area contributed by atoms with Gasteiger partial charge in [-0.1, -0.05) is 30.8 Å². The molecule has 0 aromatic carbocycles. The van der Waals surface area contributed by atoms with Gasteiger partial charge in [0.1, 0.15) is 0 Å². The van der Waals surface area contributed by atoms with Crippen LogP contribution in [0, 0.1) is 13.8 Å². The lowest BCUT2D eigenvalue weighted by atomic mass is 10.0. The van der Waals surface area contributed by atoms with Crippen LogP contribution in [-0.2, 0) is 0 Å². The SMILES string of the molecule is Cc1cc(C(=O)N(C)C2CCCCCC2)c2c(C)noc2n1. The zero-order valence-electron chi connectivity index (χ0n) is 13.6. The van der Waals surface area contributed by atoms with E-state index in [1.54, 1.807) is 0 Å². The third-order valence-electron chi connectivity index (χ3n) is 4.67. The number of amides is 1. The van der Waals surface area contributed by atoms with E-state index in [9.17, 15) is 4.79 Å². The number of hydrogen-bond donors (Lipinski definition) is 0. The van der Waals surface area contributed by atoms with E-state index >= 15 is 0 Å². The summed E-state index contributed by atoms with van der Waals surface area (Å²) in [6, 6.07) is 2.18. The highest BCUT2D eigenvalue weighted by atomic mass is 16.5. The topological polar surface area (TPSA) is 59.2 Å². The molecule has 0 aliphatic heterocycles. The van der Waals surface area contributed by atoms with Gasteiger partial charge >= 0.3 is 0 Å². The molecule has 1 aliphatic carbocycles. The van der Waals surface area contributed by atoms with Crippen molar-refractivity contribution in [2.24, 2.45) is 0 Å². The minimum absolute atomic E-state index is 0.0497. The highest BCUT2D eigenvalue weighted by Gasteiger charge is 2.25. The predicted molar refractivity (Wildman–Crippen MR) is 84.9 cm³/mol. The fraction of sp³-hybridized carbons (Fsp3) is 0.588. The number of hydrogen-bond acceptors (Lipinski definition) is 4. The molecule has 2 aromatic heterocycles. The van der Waals surface area contributed by atoms with E-state index in [-0.39, 0.29) is 5.91 Å². The van der Waals surface area contributed by atoms with Gasteiger partial charge in [-0.3, -0.25) is 4.79 Å². The van der Waals surface area contributed by atoms with Crippen molar-refractivity contribution < 1.29 is 9.32 Å². The normalized spacial score (nSPS) is 16.7. The Morgan fingerprint density at radius 2 is 1.91 bits per heavy atom. The average molecular weight is 301 g/mol. The van der Waals surface area contributed by atoms with Crippen LogP contribution in [0.3, 0.4) is 0 Å². The van der Waals surface area contributed by atoms with E-state index in [1.165, 1.54) is 25.7 Å². The first kappa shape index (κ1) is 15.0. The van der Waals surface area contributed by atoms with E-state index in [0.717, 1.165) is 29.6 Å². The lowest BCUT2D eigenvalue weighted by Gasteiger charge is -2.27. The molecule has 1 aliphatic rings. The van der Waals surface area contributed by atoms with E-state index in [2.05, 4.69) is 10.1 Å². The lowest BCUT2D eigenvalue weighted by Crippen LogP contribution is -2.37. The molecule has 0 bridgehead atoms. The van der Waals surface area contributed by atoms with Crippen LogP contribution in [0.2, 0.25) is 0 Å². The molecule has 3 rings (SSSR count). The van der Waals surface area contributed by atoms with Crippen molar-refractivity contribution in [3.05, 3.63) is 23.0 Å². The van der Waals surface area contributed by atoms with Crippen LogP contribution in [0.5, 0.6) is 0 Å². The Bertz CT molecular complexity index is 685. The summed E-state index contributed by atoms with van der Waals surface area (Å²) in [5, 5.41) is 4.70. The number of carbonyl (C=O) groups excluding carboxylic acids is 1. The number of fused-ring (bicyclic) bond motifs is 1. The minimum atomic E-state index is 0.0497. The quantitative estimate of drug-likeness (QED) is 0.795. The molecular weight excluding hydrogens is 278 g/mol. The standard InChI is InChI=1S/C17H23N3O2/c1-11-10-14(15-12(2)19-22-16(15)18-11)17(21)20(3)13-8-6-4-5-7-9-13/h10,13H,4-9H2,1-3H3. The third kappa shape index (κ3) is 2.72. The van der Waals surface area contributed by atoms with Crippen LogP contribution in [0.15, 0.2) is 10.6 Å². The van der Waals surface area contributed by atoms with Gasteiger partial charge in [0.05, 0.1) is 16.6 Å². The van der Waals surface area contributed by atoms with Gasteiger partial charge in [-0.2, -0.15) is 0 Å². The molecule has 2 heterocycles. The van der Waals surface area contributed by atoms with Crippen LogP contribution >= 0.6 is 0 Å². The van der Waals surface area contributed by atoms with Gasteiger partial charge in [0.2, 0.25) is 0 Å². The number of aromatic nitrogens is 2. The molecule has 2 aromatic rings. The lowest BCUT2D eigenvalue weighted by molar-refractivity contribution is 0.0719. The maximum absolute atomic E-state index is 13.0. The molecule has 0 N–H and O–H groups in total. The van der Waals surface area contributed by atoms with Crippen LogP contribution in [0.25, 0.3) is 11.1 Å². The number of nitrogens with zero attached hydrogens (tertiary/aromatic N) is 3. The molecule has 5 nitrogen and oxygen atoms in total. The smallest absolute Gasteiger partial charge is 0.258 e. The summed E-state index contributed by atoms with van der Waals surface area (Å²) in [6.45, 7) is 3.73. The van der Waals surface area contributed by atoms with Gasteiger partial charge in [-0.15, -0.1) is 0 Å². The van der Waals surface area contributed by atoms with Crippen molar-refractivity contribution in [1.29, 1.82) is 0 Å². The summed E-state index contributed by atoms with van der Waals surface area (Å²) in [4.78, 5) is 19.2. The Morgan fingerprint density at radius 1 is 1.23 bits per heavy atom. The van der Waals surface area contributed by atoms with Gasteiger partial charge in [-0.25, -0.2) is 4.98 Å². The molecule has 118 valence electrons. The second-order valence-corrected chi connectivity index (χ2v) is 6.32. The molecule has 5 heteroatoms. The van der Waals surface area contributed by atoms with Gasteiger partial charge in [0, 0.05) is 18.8 Å². The van der Waals surface area contributed by atoms with Crippen LogP contribution < -0.4 is 0 Å². The molecule has 0 saturated heterocycles. The van der Waals surface area contributed by atoms with Crippen molar-refractivity contribution >= 4 is 17.0 Å². The third-order valence-corrected chi connectivity index (χ3v) is 4.67. The zero-order valence-corrected chi connectivity index (χ0v) is 13.6. The highest BCUT2D eigenvalue weighted by Crippen LogP contribution is 2.26. The molecule has 1 fully saturated rings. The Morgan fingerprint density at radius 3 is 2.59 bits per heavy atom. The Labute approximate surface area is 130 Å². The number of aryl methyl sites for hydroxylation is 2. The minimum Gasteiger partial charge on any atom is -0.339 e. The Kier molecular flexibility index (Phi) is 4.14. The zero-order chi connectivity index (χ0) is 15.7. The van der Waals surface area contributed by atoms with Gasteiger partial charge in [0.25, 0.3) is 11.6 Å². The Balaban J connectivity index is 1.95. The first-order chi connectivity index (χ1) is 10.6. The highest BCUT2D eigenvalue weighted by molar-refractivity contribution is 6.06. The summed E-state index contributed by atoms with van der Waals surface area (Å²) < 4.78 is 5.23. The average Bonchev–Trinajstić information content (AvgIpc) is 2.73. The van der Waals surface area contributed by atoms with E-state index < -0.39 is 0 Å². The van der Waals surface area contributed by atoms with Gasteiger partial charge < -0.3 is 9.42 Å². The van der Waals surface area contributed by atoms with Crippen molar-refractivity contribution in [3.8, 4) is 0 Å². The summed E-state index contributed by atoms with van der Waals surface area (Å²) >= 11 is 0. The largest absolute Gasteiger partial charge is 0.339 e. The Hall–Kier alpha value is -1.91. The molecule has 0 unspecified atom stereocenters. The number of pyridine rings is 1. The maximum Gasteiger partial charge on any atom is 0.258 e. The maximum atomic E-state index is 13.0. The van der Waals surface area contributed by atoms with Crippen molar-refractivity contribution in [2.45, 2.75) is 58.4 Å². The second-order valence-electron chi connectivity index (χ2n) is 6.32. The predicted octanol–water partition coefficient (Wildman–Crippen LogP) is 3.63. The van der Waals surface area contributed by atoms with Crippen molar-refractivity contribution in [2.75, 3.05) is 7.05 Å². The molecule has 0 atom stereocenters. The summed E-state index contributed by atoms with van der Waals surface area (Å²) in [5.41, 5.74) is 2.62. The van der Waals surface area contributed by atoms with Crippen molar-refractivity contribution in [3.63, 3.8) is 0 Å². The second kappa shape index (κ2) is 6.07. The first-order valence-electron chi connectivity index (χ1n) is 8.08. The van der Waals surface area contributed by atoms with Gasteiger partial charge in [-0.05, 0) is 32.8 Å². The molecule has 1 saturated carbocycles. The monoisotopic (exact) mass is 301 g/mol. The fourth-order valence-electron chi connectivity index (χ4n) is 3.39. The van der Waals surface area contributed by atoms with E-state index in [1.807, 2.05) is 31.9 Å².